The zero-order valence-corrected chi connectivity index (χ0v) is 11.8. The second-order valence-corrected chi connectivity index (χ2v) is 4.83. The molecular formula is C15H24N2O. The summed E-state index contributed by atoms with van der Waals surface area (Å²) in [5.41, 5.74) is 8.11. The van der Waals surface area contributed by atoms with Crippen LogP contribution in [0, 0.1) is 12.8 Å². The summed E-state index contributed by atoms with van der Waals surface area (Å²) in [6.07, 6.45) is 0.915. The molecular weight excluding hydrogens is 224 g/mol. The third-order valence-corrected chi connectivity index (χ3v) is 3.44. The van der Waals surface area contributed by atoms with Crippen molar-refractivity contribution in [1.82, 2.24) is 0 Å². The molecule has 1 aromatic carbocycles. The number of carbonyl (C=O) groups is 1. The number of benzene rings is 1. The topological polar surface area (TPSA) is 46.3 Å². The molecule has 3 nitrogen and oxygen atoms in total. The van der Waals surface area contributed by atoms with Crippen LogP contribution in [0.4, 0.5) is 5.69 Å². The second kappa shape index (κ2) is 6.55. The van der Waals surface area contributed by atoms with Crippen LogP contribution >= 0.6 is 0 Å². The highest BCUT2D eigenvalue weighted by atomic mass is 16.2. The van der Waals surface area contributed by atoms with Gasteiger partial charge in [0.05, 0.1) is 6.04 Å². The zero-order chi connectivity index (χ0) is 13.7. The van der Waals surface area contributed by atoms with E-state index in [1.165, 1.54) is 0 Å². The van der Waals surface area contributed by atoms with E-state index in [0.717, 1.165) is 17.7 Å². The number of carbonyl (C=O) groups excluding carboxylic acids is 1. The maximum Gasteiger partial charge on any atom is 0.244 e. The van der Waals surface area contributed by atoms with Gasteiger partial charge in [-0.2, -0.15) is 0 Å². The number of aryl methyl sites for hydroxylation is 1. The molecule has 0 spiro atoms. The van der Waals surface area contributed by atoms with Gasteiger partial charge < -0.3 is 10.6 Å². The van der Waals surface area contributed by atoms with Gasteiger partial charge in [-0.3, -0.25) is 4.79 Å². The van der Waals surface area contributed by atoms with Gasteiger partial charge in [0.2, 0.25) is 5.91 Å². The Morgan fingerprint density at radius 1 is 1.39 bits per heavy atom. The summed E-state index contributed by atoms with van der Waals surface area (Å²) in [6.45, 7) is 8.72. The Morgan fingerprint density at radius 3 is 2.56 bits per heavy atom. The summed E-state index contributed by atoms with van der Waals surface area (Å²) in [5, 5.41) is 0. The van der Waals surface area contributed by atoms with Crippen LogP contribution in [-0.4, -0.2) is 18.5 Å². The summed E-state index contributed by atoms with van der Waals surface area (Å²) >= 11 is 0. The van der Waals surface area contributed by atoms with Crippen LogP contribution in [0.3, 0.4) is 0 Å². The largest absolute Gasteiger partial charge is 0.320 e. The van der Waals surface area contributed by atoms with Gasteiger partial charge in [-0.05, 0) is 37.5 Å². The molecule has 0 saturated carbocycles. The van der Waals surface area contributed by atoms with E-state index in [2.05, 4.69) is 6.92 Å². The van der Waals surface area contributed by atoms with Crippen molar-refractivity contribution in [3.05, 3.63) is 29.8 Å². The normalized spacial score (nSPS) is 14.1. The number of nitrogens with two attached hydrogens (primary N) is 1. The highest BCUT2D eigenvalue weighted by Gasteiger charge is 2.24. The second-order valence-electron chi connectivity index (χ2n) is 4.83. The predicted molar refractivity (Wildman–Crippen MR) is 76.6 cm³/mol. The van der Waals surface area contributed by atoms with E-state index in [0.29, 0.717) is 6.54 Å². The third kappa shape index (κ3) is 3.33. The summed E-state index contributed by atoms with van der Waals surface area (Å²) < 4.78 is 0. The minimum absolute atomic E-state index is 0.0115. The SMILES string of the molecule is CC[C@H](C)[C@H](N)C(=O)N(CC)c1cccc(C)c1. The molecule has 2 N–H and O–H groups in total. The Morgan fingerprint density at radius 2 is 2.06 bits per heavy atom. The molecule has 3 heteroatoms. The van der Waals surface area contributed by atoms with E-state index in [1.807, 2.05) is 45.0 Å². The molecule has 0 aromatic heterocycles. The molecule has 0 heterocycles. The molecule has 0 bridgehead atoms. The van der Waals surface area contributed by atoms with Crippen molar-refractivity contribution >= 4 is 11.6 Å². The van der Waals surface area contributed by atoms with Gasteiger partial charge in [0.25, 0.3) is 0 Å². The van der Waals surface area contributed by atoms with Gasteiger partial charge in [0.15, 0.2) is 0 Å². The fourth-order valence-corrected chi connectivity index (χ4v) is 1.94. The maximum atomic E-state index is 12.4. The third-order valence-electron chi connectivity index (χ3n) is 3.44. The molecule has 1 amide bonds. The zero-order valence-electron chi connectivity index (χ0n) is 11.8. The maximum absolute atomic E-state index is 12.4. The first kappa shape index (κ1) is 14.7. The van der Waals surface area contributed by atoms with E-state index in [4.69, 9.17) is 5.73 Å². The average molecular weight is 248 g/mol. The first-order chi connectivity index (χ1) is 8.51. The number of likely N-dealkylation sites (N-methyl/N-ethyl adjacent to an activating group) is 1. The number of hydrogen-bond acceptors (Lipinski definition) is 2. The number of anilines is 1. The van der Waals surface area contributed by atoms with Crippen molar-refractivity contribution in [3.8, 4) is 0 Å². The molecule has 0 saturated heterocycles. The molecule has 1 aromatic rings. The van der Waals surface area contributed by atoms with E-state index >= 15 is 0 Å². The summed E-state index contributed by atoms with van der Waals surface area (Å²) in [4.78, 5) is 14.2. The van der Waals surface area contributed by atoms with E-state index < -0.39 is 6.04 Å². The van der Waals surface area contributed by atoms with Crippen molar-refractivity contribution in [2.45, 2.75) is 40.2 Å². The molecule has 18 heavy (non-hydrogen) atoms. The van der Waals surface area contributed by atoms with Crippen molar-refractivity contribution < 1.29 is 4.79 Å². The van der Waals surface area contributed by atoms with Gasteiger partial charge in [-0.25, -0.2) is 0 Å². The van der Waals surface area contributed by atoms with Crippen LogP contribution in [0.1, 0.15) is 32.8 Å². The number of hydrogen-bond donors (Lipinski definition) is 1. The lowest BCUT2D eigenvalue weighted by molar-refractivity contribution is -0.120. The molecule has 1 rings (SSSR count). The monoisotopic (exact) mass is 248 g/mol. The van der Waals surface area contributed by atoms with Gasteiger partial charge in [-0.1, -0.05) is 32.4 Å². The minimum Gasteiger partial charge on any atom is -0.320 e. The van der Waals surface area contributed by atoms with Gasteiger partial charge in [0, 0.05) is 12.2 Å². The van der Waals surface area contributed by atoms with E-state index in [1.54, 1.807) is 4.90 Å². The number of rotatable bonds is 5. The summed E-state index contributed by atoms with van der Waals surface area (Å²) in [6, 6.07) is 7.55. The Labute approximate surface area is 110 Å². The quantitative estimate of drug-likeness (QED) is 0.871. The molecule has 100 valence electrons. The van der Waals surface area contributed by atoms with Crippen LogP contribution in [0.2, 0.25) is 0 Å². The lowest BCUT2D eigenvalue weighted by Crippen LogP contribution is -2.47. The average Bonchev–Trinajstić information content (AvgIpc) is 2.37. The molecule has 0 aliphatic heterocycles. The van der Waals surface area contributed by atoms with Crippen LogP contribution in [0.15, 0.2) is 24.3 Å². The Balaban J connectivity index is 2.93. The van der Waals surface area contributed by atoms with Gasteiger partial charge in [0.1, 0.15) is 0 Å². The van der Waals surface area contributed by atoms with Crippen molar-refractivity contribution in [3.63, 3.8) is 0 Å². The van der Waals surface area contributed by atoms with E-state index in [9.17, 15) is 4.79 Å². The summed E-state index contributed by atoms with van der Waals surface area (Å²) in [5.74, 6) is 0.216. The highest BCUT2D eigenvalue weighted by molar-refractivity contribution is 5.97. The number of amides is 1. The molecule has 0 aliphatic rings. The number of nitrogens with zero attached hydrogens (tertiary/aromatic N) is 1. The van der Waals surface area contributed by atoms with Crippen LogP contribution in [0.5, 0.6) is 0 Å². The van der Waals surface area contributed by atoms with E-state index in [-0.39, 0.29) is 11.8 Å². The van der Waals surface area contributed by atoms with Crippen LogP contribution < -0.4 is 10.6 Å². The molecule has 0 fully saturated rings. The predicted octanol–water partition coefficient (Wildman–Crippen LogP) is 2.72. The Kier molecular flexibility index (Phi) is 5.35. The fraction of sp³-hybridized carbons (Fsp3) is 0.533. The molecule has 0 unspecified atom stereocenters. The molecule has 0 aliphatic carbocycles. The van der Waals surface area contributed by atoms with Crippen molar-refractivity contribution in [2.75, 3.05) is 11.4 Å². The first-order valence-corrected chi connectivity index (χ1v) is 6.64. The molecule has 0 radical (unpaired) electrons. The molecule has 2 atom stereocenters. The summed E-state index contributed by atoms with van der Waals surface area (Å²) in [7, 11) is 0. The highest BCUT2D eigenvalue weighted by Crippen LogP contribution is 2.18. The standard InChI is InChI=1S/C15H24N2O/c1-5-12(4)14(16)15(18)17(6-2)13-9-7-8-11(3)10-13/h7-10,12,14H,5-6,16H2,1-4H3/t12-,14-/m0/s1. The fourth-order valence-electron chi connectivity index (χ4n) is 1.94. The smallest absolute Gasteiger partial charge is 0.244 e. The Hall–Kier alpha value is -1.35. The van der Waals surface area contributed by atoms with Crippen LogP contribution in [0.25, 0.3) is 0 Å². The van der Waals surface area contributed by atoms with Crippen molar-refractivity contribution in [1.29, 1.82) is 0 Å². The first-order valence-electron chi connectivity index (χ1n) is 6.64. The minimum atomic E-state index is -0.421. The van der Waals surface area contributed by atoms with Gasteiger partial charge >= 0.3 is 0 Å². The lowest BCUT2D eigenvalue weighted by atomic mass is 9.98. The van der Waals surface area contributed by atoms with Gasteiger partial charge in [-0.15, -0.1) is 0 Å². The lowest BCUT2D eigenvalue weighted by Gasteiger charge is -2.27. The Bertz CT molecular complexity index is 403. The van der Waals surface area contributed by atoms with Crippen molar-refractivity contribution in [2.24, 2.45) is 11.7 Å². The van der Waals surface area contributed by atoms with Crippen LogP contribution in [-0.2, 0) is 4.79 Å².